The molecule has 0 spiro atoms. The van der Waals surface area contributed by atoms with E-state index in [2.05, 4.69) is 10.1 Å². The van der Waals surface area contributed by atoms with Crippen LogP contribution in [0, 0.1) is 10.1 Å². The van der Waals surface area contributed by atoms with Gasteiger partial charge in [-0.25, -0.2) is 0 Å². The second-order valence-corrected chi connectivity index (χ2v) is 4.51. The summed E-state index contributed by atoms with van der Waals surface area (Å²) in [5.41, 5.74) is 0.520. The van der Waals surface area contributed by atoms with Crippen molar-refractivity contribution < 1.29 is 23.2 Å². The summed E-state index contributed by atoms with van der Waals surface area (Å²) >= 11 is 0. The van der Waals surface area contributed by atoms with Crippen LogP contribution in [-0.2, 0) is 11.2 Å². The molecule has 0 heterocycles. The first-order chi connectivity index (χ1) is 11.0. The fourth-order valence-corrected chi connectivity index (χ4v) is 1.94. The molecule has 0 fully saturated rings. The summed E-state index contributed by atoms with van der Waals surface area (Å²) in [6.45, 7) is -2.92. The van der Waals surface area contributed by atoms with Crippen molar-refractivity contribution in [3.05, 3.63) is 64.2 Å². The first-order valence-electron chi connectivity index (χ1n) is 6.52. The van der Waals surface area contributed by atoms with Crippen molar-refractivity contribution >= 4 is 17.3 Å². The number of para-hydroxylation sites is 1. The molecule has 0 unspecified atom stereocenters. The zero-order chi connectivity index (χ0) is 16.8. The number of hydrogen-bond acceptors (Lipinski definition) is 4. The molecule has 0 radical (unpaired) electrons. The molecule has 6 nitrogen and oxygen atoms in total. The number of benzene rings is 2. The van der Waals surface area contributed by atoms with E-state index in [9.17, 15) is 23.7 Å². The van der Waals surface area contributed by atoms with E-state index in [-0.39, 0.29) is 23.4 Å². The minimum Gasteiger partial charge on any atom is -0.435 e. The smallest absolute Gasteiger partial charge is 0.387 e. The van der Waals surface area contributed by atoms with Crippen LogP contribution in [0.1, 0.15) is 5.56 Å². The molecule has 0 aromatic heterocycles. The molecule has 0 aliphatic carbocycles. The van der Waals surface area contributed by atoms with Crippen LogP contribution in [0.15, 0.2) is 48.5 Å². The molecule has 0 saturated carbocycles. The predicted molar refractivity (Wildman–Crippen MR) is 78.5 cm³/mol. The average Bonchev–Trinajstić information content (AvgIpc) is 2.49. The zero-order valence-corrected chi connectivity index (χ0v) is 11.7. The number of nitro groups is 1. The van der Waals surface area contributed by atoms with Crippen LogP contribution in [0.5, 0.6) is 5.75 Å². The maximum Gasteiger partial charge on any atom is 0.387 e. The third-order valence-electron chi connectivity index (χ3n) is 2.90. The molecule has 0 atom stereocenters. The zero-order valence-electron chi connectivity index (χ0n) is 11.7. The monoisotopic (exact) mass is 322 g/mol. The van der Waals surface area contributed by atoms with Crippen LogP contribution in [0.25, 0.3) is 0 Å². The van der Waals surface area contributed by atoms with E-state index >= 15 is 0 Å². The summed E-state index contributed by atoms with van der Waals surface area (Å²) in [5, 5.41) is 13.4. The largest absolute Gasteiger partial charge is 0.435 e. The van der Waals surface area contributed by atoms with E-state index in [0.29, 0.717) is 5.69 Å². The molecule has 0 bridgehead atoms. The number of carbonyl (C=O) groups is 1. The number of nitrogens with one attached hydrogen (secondary N) is 1. The summed E-state index contributed by atoms with van der Waals surface area (Å²) in [5.74, 6) is -0.487. The Bertz CT molecular complexity index is 705. The number of carbonyl (C=O) groups excluding carboxylic acids is 1. The Morgan fingerprint density at radius 2 is 1.83 bits per heavy atom. The number of amides is 1. The molecule has 2 aromatic carbocycles. The molecule has 1 amide bonds. The van der Waals surface area contributed by atoms with Crippen LogP contribution < -0.4 is 10.1 Å². The number of nitro benzene ring substituents is 1. The number of halogens is 2. The lowest BCUT2D eigenvalue weighted by molar-refractivity contribution is -0.385. The van der Waals surface area contributed by atoms with Gasteiger partial charge >= 0.3 is 6.61 Å². The van der Waals surface area contributed by atoms with E-state index in [0.717, 1.165) is 0 Å². The van der Waals surface area contributed by atoms with Crippen molar-refractivity contribution in [2.24, 2.45) is 0 Å². The first-order valence-corrected chi connectivity index (χ1v) is 6.52. The molecular weight excluding hydrogens is 310 g/mol. The fraction of sp³-hybridized carbons (Fsp3) is 0.133. The van der Waals surface area contributed by atoms with Gasteiger partial charge in [-0.1, -0.05) is 18.2 Å². The maximum atomic E-state index is 12.0. The molecule has 0 aliphatic heterocycles. The summed E-state index contributed by atoms with van der Waals surface area (Å²) in [6.07, 6.45) is -0.174. The standard InChI is InChI=1S/C15H12F2N2O4/c16-15(17)23-12-7-5-11(6-8-12)18-14(20)9-10-3-1-2-4-13(10)19(21)22/h1-8,15H,9H2,(H,18,20). The van der Waals surface area contributed by atoms with Gasteiger partial charge < -0.3 is 10.1 Å². The minimum absolute atomic E-state index is 0.0308. The minimum atomic E-state index is -2.92. The van der Waals surface area contributed by atoms with Crippen molar-refractivity contribution in [3.8, 4) is 5.75 Å². The molecule has 0 saturated heterocycles. The van der Waals surface area contributed by atoms with E-state index in [4.69, 9.17) is 0 Å². The van der Waals surface area contributed by atoms with E-state index < -0.39 is 17.4 Å². The lowest BCUT2D eigenvalue weighted by atomic mass is 10.1. The van der Waals surface area contributed by atoms with Gasteiger partial charge in [0.15, 0.2) is 0 Å². The number of nitrogens with zero attached hydrogens (tertiary/aromatic N) is 1. The summed E-state index contributed by atoms with van der Waals surface area (Å²) in [4.78, 5) is 22.3. The third-order valence-corrected chi connectivity index (χ3v) is 2.90. The lowest BCUT2D eigenvalue weighted by Crippen LogP contribution is -2.15. The number of rotatable bonds is 6. The average molecular weight is 322 g/mol. The summed E-state index contributed by atoms with van der Waals surface area (Å²) in [6, 6.07) is 11.3. The summed E-state index contributed by atoms with van der Waals surface area (Å²) in [7, 11) is 0. The van der Waals surface area contributed by atoms with Gasteiger partial charge in [-0.2, -0.15) is 8.78 Å². The Hall–Kier alpha value is -3.03. The second kappa shape index (κ2) is 7.30. The topological polar surface area (TPSA) is 81.5 Å². The maximum absolute atomic E-state index is 12.0. The van der Waals surface area contributed by atoms with Crippen molar-refractivity contribution in [2.75, 3.05) is 5.32 Å². The Morgan fingerprint density at radius 3 is 2.43 bits per heavy atom. The van der Waals surface area contributed by atoms with Crippen molar-refractivity contribution in [1.82, 2.24) is 0 Å². The molecule has 2 aromatic rings. The predicted octanol–water partition coefficient (Wildman–Crippen LogP) is 3.38. The van der Waals surface area contributed by atoms with Gasteiger partial charge in [-0.3, -0.25) is 14.9 Å². The highest BCUT2D eigenvalue weighted by molar-refractivity contribution is 5.92. The van der Waals surface area contributed by atoms with Crippen LogP contribution in [-0.4, -0.2) is 17.4 Å². The highest BCUT2D eigenvalue weighted by Gasteiger charge is 2.15. The van der Waals surface area contributed by atoms with E-state index in [1.807, 2.05) is 0 Å². The van der Waals surface area contributed by atoms with Crippen LogP contribution >= 0.6 is 0 Å². The number of anilines is 1. The Labute approximate surface area is 129 Å². The van der Waals surface area contributed by atoms with Crippen LogP contribution in [0.4, 0.5) is 20.2 Å². The quantitative estimate of drug-likeness (QED) is 0.653. The molecule has 2 rings (SSSR count). The Balaban J connectivity index is 2.01. The van der Waals surface area contributed by atoms with Gasteiger partial charge in [0.25, 0.3) is 5.69 Å². The Morgan fingerprint density at radius 1 is 1.17 bits per heavy atom. The number of hydrogen-bond donors (Lipinski definition) is 1. The third kappa shape index (κ3) is 4.73. The molecule has 0 aliphatic rings. The van der Waals surface area contributed by atoms with Crippen LogP contribution in [0.2, 0.25) is 0 Å². The number of ether oxygens (including phenoxy) is 1. The van der Waals surface area contributed by atoms with E-state index in [1.165, 1.54) is 42.5 Å². The highest BCUT2D eigenvalue weighted by atomic mass is 19.3. The van der Waals surface area contributed by atoms with Gasteiger partial charge in [0.2, 0.25) is 5.91 Å². The van der Waals surface area contributed by atoms with Crippen molar-refractivity contribution in [2.45, 2.75) is 13.0 Å². The van der Waals surface area contributed by atoms with Gasteiger partial charge in [0.05, 0.1) is 11.3 Å². The van der Waals surface area contributed by atoms with Crippen molar-refractivity contribution in [1.29, 1.82) is 0 Å². The van der Waals surface area contributed by atoms with Gasteiger partial charge in [-0.15, -0.1) is 0 Å². The van der Waals surface area contributed by atoms with Crippen LogP contribution in [0.3, 0.4) is 0 Å². The SMILES string of the molecule is O=C(Cc1ccccc1[N+](=O)[O-])Nc1ccc(OC(F)F)cc1. The van der Waals surface area contributed by atoms with Gasteiger partial charge in [0.1, 0.15) is 5.75 Å². The summed E-state index contributed by atoms with van der Waals surface area (Å²) < 4.78 is 28.2. The molecule has 1 N–H and O–H groups in total. The van der Waals surface area contributed by atoms with Gasteiger partial charge in [-0.05, 0) is 24.3 Å². The van der Waals surface area contributed by atoms with Gasteiger partial charge in [0, 0.05) is 17.3 Å². The molecule has 120 valence electrons. The molecule has 8 heteroatoms. The highest BCUT2D eigenvalue weighted by Crippen LogP contribution is 2.20. The first kappa shape index (κ1) is 16.3. The fourth-order valence-electron chi connectivity index (χ4n) is 1.94. The number of alkyl halides is 2. The lowest BCUT2D eigenvalue weighted by Gasteiger charge is -2.08. The Kier molecular flexibility index (Phi) is 5.19. The second-order valence-electron chi connectivity index (χ2n) is 4.51. The van der Waals surface area contributed by atoms with E-state index in [1.54, 1.807) is 6.07 Å². The molecule has 23 heavy (non-hydrogen) atoms. The molecular formula is C15H12F2N2O4. The normalized spacial score (nSPS) is 10.4. The van der Waals surface area contributed by atoms with Crippen molar-refractivity contribution in [3.63, 3.8) is 0 Å².